The lowest BCUT2D eigenvalue weighted by Gasteiger charge is -2.02. The Morgan fingerprint density at radius 2 is 2.17 bits per heavy atom. The van der Waals surface area contributed by atoms with E-state index in [4.69, 9.17) is 0 Å². The Kier molecular flexibility index (Phi) is 3.43. The quantitative estimate of drug-likeness (QED) is 0.911. The molecule has 0 bridgehead atoms. The Balaban J connectivity index is 1.83. The number of benzene rings is 1. The molecule has 1 aromatic carbocycles. The largest absolute Gasteiger partial charge is 0.319 e. The van der Waals surface area contributed by atoms with Crippen LogP contribution in [-0.2, 0) is 19.3 Å². The SMILES string of the molecule is CNCCc1ncc(-c2ccc3c(c2)CCC3)s1. The van der Waals surface area contributed by atoms with Gasteiger partial charge in [-0.2, -0.15) is 0 Å². The maximum atomic E-state index is 4.50. The molecule has 0 radical (unpaired) electrons. The topological polar surface area (TPSA) is 24.9 Å². The van der Waals surface area contributed by atoms with Crippen LogP contribution in [-0.4, -0.2) is 18.6 Å². The summed E-state index contributed by atoms with van der Waals surface area (Å²) >= 11 is 1.82. The summed E-state index contributed by atoms with van der Waals surface area (Å²) in [6, 6.07) is 6.90. The Hall–Kier alpha value is -1.19. The van der Waals surface area contributed by atoms with Crippen molar-refractivity contribution < 1.29 is 0 Å². The van der Waals surface area contributed by atoms with E-state index in [-0.39, 0.29) is 0 Å². The Bertz CT molecular complexity index is 545. The van der Waals surface area contributed by atoms with Crippen LogP contribution in [0.5, 0.6) is 0 Å². The van der Waals surface area contributed by atoms with E-state index in [1.165, 1.54) is 40.3 Å². The van der Waals surface area contributed by atoms with Gasteiger partial charge in [0.15, 0.2) is 0 Å². The monoisotopic (exact) mass is 258 g/mol. The Morgan fingerprint density at radius 1 is 1.28 bits per heavy atom. The molecular weight excluding hydrogens is 240 g/mol. The highest BCUT2D eigenvalue weighted by Gasteiger charge is 2.12. The van der Waals surface area contributed by atoms with Crippen LogP contribution in [0, 0.1) is 0 Å². The molecule has 2 nitrogen and oxygen atoms in total. The number of thiazole rings is 1. The van der Waals surface area contributed by atoms with Crippen LogP contribution in [0.25, 0.3) is 10.4 Å². The summed E-state index contributed by atoms with van der Waals surface area (Å²) in [4.78, 5) is 5.80. The van der Waals surface area contributed by atoms with Crippen LogP contribution in [0.4, 0.5) is 0 Å². The number of aromatic nitrogens is 1. The molecule has 94 valence electrons. The molecule has 0 fully saturated rings. The minimum Gasteiger partial charge on any atom is -0.319 e. The molecule has 0 atom stereocenters. The lowest BCUT2D eigenvalue weighted by molar-refractivity contribution is 0.787. The van der Waals surface area contributed by atoms with E-state index in [1.54, 1.807) is 5.56 Å². The van der Waals surface area contributed by atoms with E-state index >= 15 is 0 Å². The standard InChI is InChI=1S/C15H18N2S/c1-16-8-7-15-17-10-14(18-15)13-6-5-11-3-2-4-12(11)9-13/h5-6,9-10,16H,2-4,7-8H2,1H3. The summed E-state index contributed by atoms with van der Waals surface area (Å²) in [6.07, 6.45) is 6.85. The summed E-state index contributed by atoms with van der Waals surface area (Å²) in [7, 11) is 1.98. The van der Waals surface area contributed by atoms with Crippen molar-refractivity contribution in [1.29, 1.82) is 0 Å². The number of nitrogens with zero attached hydrogens (tertiary/aromatic N) is 1. The predicted octanol–water partition coefficient (Wildman–Crippen LogP) is 3.06. The first-order valence-electron chi connectivity index (χ1n) is 6.58. The second-order valence-corrected chi connectivity index (χ2v) is 5.92. The molecule has 1 aliphatic rings. The van der Waals surface area contributed by atoms with Gasteiger partial charge >= 0.3 is 0 Å². The van der Waals surface area contributed by atoms with Gasteiger partial charge in [-0.05, 0) is 43.0 Å². The third kappa shape index (κ3) is 2.33. The molecule has 1 aliphatic carbocycles. The van der Waals surface area contributed by atoms with Crippen molar-refractivity contribution in [2.75, 3.05) is 13.6 Å². The van der Waals surface area contributed by atoms with Crippen LogP contribution < -0.4 is 5.32 Å². The first-order chi connectivity index (χ1) is 8.86. The minimum atomic E-state index is 0.997. The fourth-order valence-electron chi connectivity index (χ4n) is 2.52. The molecule has 2 aromatic rings. The summed E-state index contributed by atoms with van der Waals surface area (Å²) in [5.41, 5.74) is 4.42. The second kappa shape index (κ2) is 5.21. The average molecular weight is 258 g/mol. The van der Waals surface area contributed by atoms with Gasteiger partial charge in [0.05, 0.1) is 9.88 Å². The fourth-order valence-corrected chi connectivity index (χ4v) is 3.43. The minimum absolute atomic E-state index is 0.997. The van der Waals surface area contributed by atoms with E-state index in [9.17, 15) is 0 Å². The number of hydrogen-bond donors (Lipinski definition) is 1. The van der Waals surface area contributed by atoms with E-state index in [2.05, 4.69) is 28.5 Å². The highest BCUT2D eigenvalue weighted by Crippen LogP contribution is 2.31. The lowest BCUT2D eigenvalue weighted by atomic mass is 10.1. The van der Waals surface area contributed by atoms with E-state index in [0.717, 1.165) is 13.0 Å². The van der Waals surface area contributed by atoms with Crippen LogP contribution >= 0.6 is 11.3 Å². The van der Waals surface area contributed by atoms with Crippen molar-refractivity contribution >= 4 is 11.3 Å². The smallest absolute Gasteiger partial charge is 0.0943 e. The Morgan fingerprint density at radius 3 is 3.06 bits per heavy atom. The Labute approximate surface area is 112 Å². The molecule has 0 saturated carbocycles. The molecule has 1 N–H and O–H groups in total. The lowest BCUT2D eigenvalue weighted by Crippen LogP contribution is -2.09. The second-order valence-electron chi connectivity index (χ2n) is 4.81. The van der Waals surface area contributed by atoms with Crippen molar-refractivity contribution in [1.82, 2.24) is 10.3 Å². The predicted molar refractivity (Wildman–Crippen MR) is 77.2 cm³/mol. The van der Waals surface area contributed by atoms with Crippen LogP contribution in [0.2, 0.25) is 0 Å². The number of rotatable bonds is 4. The molecule has 3 rings (SSSR count). The maximum absolute atomic E-state index is 4.50. The summed E-state index contributed by atoms with van der Waals surface area (Å²) < 4.78 is 0. The number of fused-ring (bicyclic) bond motifs is 1. The third-order valence-electron chi connectivity index (χ3n) is 3.53. The van der Waals surface area contributed by atoms with Crippen molar-refractivity contribution in [3.63, 3.8) is 0 Å². The summed E-state index contributed by atoms with van der Waals surface area (Å²) in [5.74, 6) is 0. The number of likely N-dealkylation sites (N-methyl/N-ethyl adjacent to an activating group) is 1. The number of nitrogens with one attached hydrogen (secondary N) is 1. The van der Waals surface area contributed by atoms with E-state index < -0.39 is 0 Å². The zero-order chi connectivity index (χ0) is 12.4. The average Bonchev–Trinajstić information content (AvgIpc) is 3.04. The number of aryl methyl sites for hydroxylation is 2. The molecule has 0 spiro atoms. The van der Waals surface area contributed by atoms with Crippen molar-refractivity contribution in [2.45, 2.75) is 25.7 Å². The zero-order valence-corrected chi connectivity index (χ0v) is 11.5. The molecule has 1 heterocycles. The van der Waals surface area contributed by atoms with Gasteiger partial charge in [0.1, 0.15) is 0 Å². The first kappa shape index (κ1) is 11.9. The van der Waals surface area contributed by atoms with Crippen LogP contribution in [0.1, 0.15) is 22.6 Å². The zero-order valence-electron chi connectivity index (χ0n) is 10.7. The maximum Gasteiger partial charge on any atom is 0.0943 e. The third-order valence-corrected chi connectivity index (χ3v) is 4.63. The summed E-state index contributed by atoms with van der Waals surface area (Å²) in [6.45, 7) is 0.997. The van der Waals surface area contributed by atoms with Gasteiger partial charge in [-0.3, -0.25) is 0 Å². The highest BCUT2D eigenvalue weighted by atomic mass is 32.1. The molecule has 0 amide bonds. The molecule has 18 heavy (non-hydrogen) atoms. The molecular formula is C15H18N2S. The molecule has 0 saturated heterocycles. The molecule has 0 unspecified atom stereocenters. The van der Waals surface area contributed by atoms with E-state index in [1.807, 2.05) is 24.6 Å². The van der Waals surface area contributed by atoms with Crippen molar-refractivity contribution in [2.24, 2.45) is 0 Å². The van der Waals surface area contributed by atoms with Gasteiger partial charge < -0.3 is 5.32 Å². The molecule has 1 aromatic heterocycles. The van der Waals surface area contributed by atoms with Gasteiger partial charge in [-0.1, -0.05) is 18.2 Å². The van der Waals surface area contributed by atoms with Crippen LogP contribution in [0.3, 0.4) is 0 Å². The van der Waals surface area contributed by atoms with Gasteiger partial charge in [0.25, 0.3) is 0 Å². The van der Waals surface area contributed by atoms with Crippen molar-refractivity contribution in [3.8, 4) is 10.4 Å². The highest BCUT2D eigenvalue weighted by molar-refractivity contribution is 7.15. The first-order valence-corrected chi connectivity index (χ1v) is 7.40. The van der Waals surface area contributed by atoms with Crippen molar-refractivity contribution in [3.05, 3.63) is 40.5 Å². The molecule has 3 heteroatoms. The number of hydrogen-bond acceptors (Lipinski definition) is 3. The molecule has 0 aliphatic heterocycles. The fraction of sp³-hybridized carbons (Fsp3) is 0.400. The van der Waals surface area contributed by atoms with Gasteiger partial charge in [0.2, 0.25) is 0 Å². The van der Waals surface area contributed by atoms with E-state index in [0.29, 0.717) is 0 Å². The summed E-state index contributed by atoms with van der Waals surface area (Å²) in [5, 5.41) is 4.39. The normalized spacial score (nSPS) is 13.8. The van der Waals surface area contributed by atoms with Gasteiger partial charge in [0, 0.05) is 19.2 Å². The van der Waals surface area contributed by atoms with Crippen LogP contribution in [0.15, 0.2) is 24.4 Å². The van der Waals surface area contributed by atoms with Gasteiger partial charge in [-0.25, -0.2) is 4.98 Å². The van der Waals surface area contributed by atoms with Gasteiger partial charge in [-0.15, -0.1) is 11.3 Å².